The van der Waals surface area contributed by atoms with Crippen LogP contribution in [0.2, 0.25) is 0 Å². The molecule has 1 aliphatic heterocycles. The molecule has 0 aromatic heterocycles. The molecular formula is C12H29N5. The molecule has 0 amide bonds. The second-order valence-corrected chi connectivity index (χ2v) is 5.29. The molecule has 17 heavy (non-hydrogen) atoms. The Hall–Kier alpha value is -0.200. The van der Waals surface area contributed by atoms with Crippen molar-refractivity contribution >= 4 is 0 Å². The number of rotatable bonds is 7. The van der Waals surface area contributed by atoms with Gasteiger partial charge in [0, 0.05) is 66.5 Å². The predicted molar refractivity (Wildman–Crippen MR) is 73.1 cm³/mol. The standard InChI is InChI=1S/C12H29N5/c1-14(2)7-8-17-11-9-16(10-12-17)6-5-13-15(3)4/h13H,5-12H2,1-4H3. The van der Waals surface area contributed by atoms with Crippen LogP contribution in [0.1, 0.15) is 0 Å². The smallest absolute Gasteiger partial charge is 0.0230 e. The maximum Gasteiger partial charge on any atom is 0.0230 e. The maximum atomic E-state index is 3.32. The Kier molecular flexibility index (Phi) is 6.99. The van der Waals surface area contributed by atoms with Crippen molar-refractivity contribution in [3.8, 4) is 0 Å². The Morgan fingerprint density at radius 2 is 1.41 bits per heavy atom. The maximum absolute atomic E-state index is 3.32. The molecule has 102 valence electrons. The fraction of sp³-hybridized carbons (Fsp3) is 1.00. The number of hydrazine groups is 1. The van der Waals surface area contributed by atoms with Crippen LogP contribution in [0.3, 0.4) is 0 Å². The first-order valence-electron chi connectivity index (χ1n) is 6.58. The third kappa shape index (κ3) is 6.95. The van der Waals surface area contributed by atoms with Gasteiger partial charge in [-0.3, -0.25) is 20.2 Å². The Morgan fingerprint density at radius 3 is 1.88 bits per heavy atom. The lowest BCUT2D eigenvalue weighted by molar-refractivity contribution is 0.120. The highest BCUT2D eigenvalue weighted by atomic mass is 15.5. The fourth-order valence-corrected chi connectivity index (χ4v) is 2.01. The van der Waals surface area contributed by atoms with Crippen molar-refractivity contribution in [1.29, 1.82) is 0 Å². The van der Waals surface area contributed by atoms with Gasteiger partial charge in [0.2, 0.25) is 0 Å². The molecule has 5 nitrogen and oxygen atoms in total. The third-order valence-electron chi connectivity index (χ3n) is 3.18. The normalized spacial score (nSPS) is 19.4. The first-order chi connectivity index (χ1) is 8.08. The summed E-state index contributed by atoms with van der Waals surface area (Å²) in [5.41, 5.74) is 3.32. The summed E-state index contributed by atoms with van der Waals surface area (Å²) in [6.07, 6.45) is 0. The van der Waals surface area contributed by atoms with Gasteiger partial charge in [-0.2, -0.15) is 0 Å². The zero-order valence-corrected chi connectivity index (χ0v) is 11.9. The van der Waals surface area contributed by atoms with Gasteiger partial charge in [-0.05, 0) is 14.1 Å². The molecule has 1 aliphatic rings. The van der Waals surface area contributed by atoms with Gasteiger partial charge in [0.25, 0.3) is 0 Å². The summed E-state index contributed by atoms with van der Waals surface area (Å²) in [5.74, 6) is 0. The van der Waals surface area contributed by atoms with Crippen LogP contribution in [0, 0.1) is 0 Å². The minimum absolute atomic E-state index is 1.05. The van der Waals surface area contributed by atoms with Crippen LogP contribution in [0.4, 0.5) is 0 Å². The van der Waals surface area contributed by atoms with Gasteiger partial charge < -0.3 is 4.90 Å². The monoisotopic (exact) mass is 243 g/mol. The second kappa shape index (κ2) is 8.00. The van der Waals surface area contributed by atoms with Crippen molar-refractivity contribution < 1.29 is 0 Å². The van der Waals surface area contributed by atoms with Crippen molar-refractivity contribution in [2.24, 2.45) is 0 Å². The molecule has 0 radical (unpaired) electrons. The second-order valence-electron chi connectivity index (χ2n) is 5.29. The summed E-state index contributed by atoms with van der Waals surface area (Å²) in [6.45, 7) is 9.43. The topological polar surface area (TPSA) is 25.0 Å². The molecule has 1 heterocycles. The Balaban J connectivity index is 2.05. The van der Waals surface area contributed by atoms with Crippen LogP contribution < -0.4 is 5.43 Å². The number of nitrogens with one attached hydrogen (secondary N) is 1. The first kappa shape index (κ1) is 14.9. The minimum atomic E-state index is 1.05. The summed E-state index contributed by atoms with van der Waals surface area (Å²) in [6, 6.07) is 0. The number of likely N-dealkylation sites (N-methyl/N-ethyl adjacent to an activating group) is 1. The highest BCUT2D eigenvalue weighted by molar-refractivity contribution is 4.72. The van der Waals surface area contributed by atoms with E-state index < -0.39 is 0 Å². The molecule has 1 N–H and O–H groups in total. The predicted octanol–water partition coefficient (Wildman–Crippen LogP) is -0.768. The molecule has 0 unspecified atom stereocenters. The molecule has 5 heteroatoms. The molecule has 1 fully saturated rings. The van der Waals surface area contributed by atoms with Crippen molar-refractivity contribution in [1.82, 2.24) is 25.1 Å². The summed E-state index contributed by atoms with van der Waals surface area (Å²) >= 11 is 0. The minimum Gasteiger partial charge on any atom is -0.308 e. The van der Waals surface area contributed by atoms with E-state index in [1.54, 1.807) is 0 Å². The van der Waals surface area contributed by atoms with E-state index in [0.717, 1.165) is 13.1 Å². The first-order valence-corrected chi connectivity index (χ1v) is 6.58. The van der Waals surface area contributed by atoms with Gasteiger partial charge in [0.05, 0.1) is 0 Å². The summed E-state index contributed by atoms with van der Waals surface area (Å²) in [7, 11) is 8.37. The van der Waals surface area contributed by atoms with Crippen LogP contribution in [-0.2, 0) is 0 Å². The third-order valence-corrected chi connectivity index (χ3v) is 3.18. The van der Waals surface area contributed by atoms with E-state index in [1.165, 1.54) is 39.3 Å². The summed E-state index contributed by atoms with van der Waals surface area (Å²) in [5, 5.41) is 2.02. The lowest BCUT2D eigenvalue weighted by atomic mass is 10.3. The van der Waals surface area contributed by atoms with Crippen LogP contribution in [0.5, 0.6) is 0 Å². The van der Waals surface area contributed by atoms with E-state index in [9.17, 15) is 0 Å². The summed E-state index contributed by atoms with van der Waals surface area (Å²) in [4.78, 5) is 7.37. The molecule has 0 spiro atoms. The van der Waals surface area contributed by atoms with E-state index in [2.05, 4.69) is 34.2 Å². The summed E-state index contributed by atoms with van der Waals surface area (Å²) < 4.78 is 0. The molecule has 0 saturated carbocycles. The quantitative estimate of drug-likeness (QED) is 0.592. The zero-order chi connectivity index (χ0) is 12.7. The molecule has 0 bridgehead atoms. The van der Waals surface area contributed by atoms with Crippen LogP contribution in [0.15, 0.2) is 0 Å². The van der Waals surface area contributed by atoms with Crippen LogP contribution >= 0.6 is 0 Å². The van der Waals surface area contributed by atoms with Gasteiger partial charge in [-0.1, -0.05) is 0 Å². The Labute approximate surface area is 106 Å². The largest absolute Gasteiger partial charge is 0.308 e. The average molecular weight is 243 g/mol. The van der Waals surface area contributed by atoms with Gasteiger partial charge >= 0.3 is 0 Å². The van der Waals surface area contributed by atoms with E-state index in [0.29, 0.717) is 0 Å². The Bertz CT molecular complexity index is 187. The van der Waals surface area contributed by atoms with Crippen molar-refractivity contribution in [2.75, 3.05) is 80.5 Å². The van der Waals surface area contributed by atoms with E-state index in [-0.39, 0.29) is 0 Å². The highest BCUT2D eigenvalue weighted by Gasteiger charge is 2.15. The molecule has 0 aromatic carbocycles. The molecular weight excluding hydrogens is 214 g/mol. The molecule has 0 atom stereocenters. The van der Waals surface area contributed by atoms with Crippen LogP contribution in [-0.4, -0.2) is 100 Å². The van der Waals surface area contributed by atoms with Gasteiger partial charge in [-0.15, -0.1) is 0 Å². The van der Waals surface area contributed by atoms with E-state index >= 15 is 0 Å². The van der Waals surface area contributed by atoms with Gasteiger partial charge in [0.15, 0.2) is 0 Å². The molecule has 0 aromatic rings. The Morgan fingerprint density at radius 1 is 0.882 bits per heavy atom. The number of piperazine rings is 1. The fourth-order valence-electron chi connectivity index (χ4n) is 2.01. The van der Waals surface area contributed by atoms with Crippen molar-refractivity contribution in [3.05, 3.63) is 0 Å². The highest BCUT2D eigenvalue weighted by Crippen LogP contribution is 2.00. The lowest BCUT2D eigenvalue weighted by Gasteiger charge is -2.35. The molecule has 1 rings (SSSR count). The van der Waals surface area contributed by atoms with Gasteiger partial charge in [-0.25, -0.2) is 0 Å². The number of hydrogen-bond donors (Lipinski definition) is 1. The molecule has 1 saturated heterocycles. The zero-order valence-electron chi connectivity index (χ0n) is 11.9. The number of hydrogen-bond acceptors (Lipinski definition) is 5. The molecule has 0 aliphatic carbocycles. The lowest BCUT2D eigenvalue weighted by Crippen LogP contribution is -2.50. The van der Waals surface area contributed by atoms with Crippen molar-refractivity contribution in [2.45, 2.75) is 0 Å². The van der Waals surface area contributed by atoms with E-state index in [4.69, 9.17) is 0 Å². The SMILES string of the molecule is CN(C)CCN1CCN(CCNN(C)C)CC1. The number of nitrogens with zero attached hydrogens (tertiary/aromatic N) is 4. The average Bonchev–Trinajstić information content (AvgIpc) is 2.27. The van der Waals surface area contributed by atoms with Crippen LogP contribution in [0.25, 0.3) is 0 Å². The van der Waals surface area contributed by atoms with Gasteiger partial charge in [0.1, 0.15) is 0 Å². The van der Waals surface area contributed by atoms with Crippen molar-refractivity contribution in [3.63, 3.8) is 0 Å². The van der Waals surface area contributed by atoms with E-state index in [1.807, 2.05) is 19.1 Å².